The highest BCUT2D eigenvalue weighted by molar-refractivity contribution is 6.21. The molecule has 0 radical (unpaired) electrons. The van der Waals surface area contributed by atoms with Crippen LogP contribution in [0.5, 0.6) is 0 Å². The molecule has 1 aromatic heterocycles. The van der Waals surface area contributed by atoms with Crippen LogP contribution < -0.4 is 5.73 Å². The number of hydrogen-bond donors (Lipinski definition) is 1. The van der Waals surface area contributed by atoms with E-state index in [0.717, 1.165) is 49.4 Å². The number of benzene rings is 7. The van der Waals surface area contributed by atoms with Gasteiger partial charge in [-0.1, -0.05) is 121 Å². The number of fused-ring (bicyclic) bond motifs is 5. The Bertz CT molecular complexity index is 2420. The van der Waals surface area contributed by atoms with Gasteiger partial charge in [-0.2, -0.15) is 0 Å². The lowest BCUT2D eigenvalue weighted by atomic mass is 10.00. The molecule has 4 heteroatoms. The van der Waals surface area contributed by atoms with Crippen molar-refractivity contribution < 1.29 is 4.42 Å². The number of rotatable bonds is 5. The van der Waals surface area contributed by atoms with Gasteiger partial charge in [-0.25, -0.2) is 4.99 Å². The van der Waals surface area contributed by atoms with E-state index in [0.29, 0.717) is 18.2 Å². The van der Waals surface area contributed by atoms with E-state index in [-0.39, 0.29) is 0 Å². The van der Waals surface area contributed by atoms with Crippen LogP contribution in [0, 0.1) is 0 Å². The summed E-state index contributed by atoms with van der Waals surface area (Å²) in [5.41, 5.74) is 13.6. The summed E-state index contributed by atoms with van der Waals surface area (Å²) in [4.78, 5) is 10.1. The summed E-state index contributed by atoms with van der Waals surface area (Å²) in [6.45, 7) is 0.461. The fraction of sp³-hybridized carbons (Fsp3) is 0.0244. The van der Waals surface area contributed by atoms with Gasteiger partial charge in [0.05, 0.1) is 6.54 Å². The average molecular weight is 580 g/mol. The maximum Gasteiger partial charge on any atom is 0.158 e. The lowest BCUT2D eigenvalue weighted by Crippen LogP contribution is -2.16. The summed E-state index contributed by atoms with van der Waals surface area (Å²) in [6, 6.07) is 52.0. The third-order valence-corrected chi connectivity index (χ3v) is 8.34. The zero-order valence-electron chi connectivity index (χ0n) is 24.5. The summed E-state index contributed by atoms with van der Waals surface area (Å²) in [5, 5.41) is 6.64. The molecule has 0 amide bonds. The second-order valence-corrected chi connectivity index (χ2v) is 11.2. The maximum absolute atomic E-state index is 6.77. The number of nitrogens with zero attached hydrogens (tertiary/aromatic N) is 2. The van der Waals surface area contributed by atoms with E-state index in [9.17, 15) is 0 Å². The Morgan fingerprint density at radius 1 is 0.556 bits per heavy atom. The third kappa shape index (κ3) is 5.13. The van der Waals surface area contributed by atoms with E-state index in [1.54, 1.807) is 0 Å². The molecule has 214 valence electrons. The molecular weight excluding hydrogens is 550 g/mol. The van der Waals surface area contributed by atoms with Crippen LogP contribution in [0.2, 0.25) is 0 Å². The van der Waals surface area contributed by atoms with E-state index in [2.05, 4.69) is 103 Å². The molecule has 0 spiro atoms. The minimum atomic E-state index is 0.408. The first-order valence-electron chi connectivity index (χ1n) is 15.1. The molecule has 0 saturated carbocycles. The summed E-state index contributed by atoms with van der Waals surface area (Å²) < 4.78 is 6.20. The number of hydrogen-bond acceptors (Lipinski definition) is 2. The number of amidine groups is 2. The predicted octanol–water partition coefficient (Wildman–Crippen LogP) is 9.91. The fourth-order valence-corrected chi connectivity index (χ4v) is 6.04. The van der Waals surface area contributed by atoms with Gasteiger partial charge in [-0.3, -0.25) is 4.99 Å². The minimum Gasteiger partial charge on any atom is -0.456 e. The van der Waals surface area contributed by atoms with Crippen molar-refractivity contribution in [1.82, 2.24) is 0 Å². The number of nitrogens with two attached hydrogens (primary N) is 1. The molecule has 4 nitrogen and oxygen atoms in total. The standard InChI is InChI=1S/C41H29N3O/c42-40(34-22-21-32-24-31(19-20-33(32)25-34)28-9-2-1-3-10-28)44-41(43-26-27-17-18-29-11-4-5-12-30(29)23-27)36-14-8-16-38-39(36)35-13-6-7-15-37(35)45-38/h1-25H,26H2,(H2,42,43,44). The van der Waals surface area contributed by atoms with Gasteiger partial charge >= 0.3 is 0 Å². The quantitative estimate of drug-likeness (QED) is 0.163. The van der Waals surface area contributed by atoms with Gasteiger partial charge in [0, 0.05) is 21.9 Å². The molecule has 8 aromatic rings. The van der Waals surface area contributed by atoms with Crippen molar-refractivity contribution in [2.75, 3.05) is 0 Å². The van der Waals surface area contributed by atoms with Gasteiger partial charge in [0.2, 0.25) is 0 Å². The minimum absolute atomic E-state index is 0.408. The number of aliphatic imine (C=N–C) groups is 2. The smallest absolute Gasteiger partial charge is 0.158 e. The topological polar surface area (TPSA) is 63.9 Å². The summed E-state index contributed by atoms with van der Waals surface area (Å²) >= 11 is 0. The Morgan fingerprint density at radius 3 is 2.18 bits per heavy atom. The van der Waals surface area contributed by atoms with Crippen molar-refractivity contribution in [3.05, 3.63) is 168 Å². The van der Waals surface area contributed by atoms with Crippen LogP contribution in [-0.2, 0) is 6.54 Å². The zero-order valence-corrected chi connectivity index (χ0v) is 24.5. The van der Waals surface area contributed by atoms with Gasteiger partial charge < -0.3 is 10.2 Å². The molecule has 1 heterocycles. The first-order chi connectivity index (χ1) is 22.2. The molecule has 0 bridgehead atoms. The predicted molar refractivity (Wildman–Crippen MR) is 188 cm³/mol. The molecule has 2 N–H and O–H groups in total. The molecule has 0 fully saturated rings. The van der Waals surface area contributed by atoms with E-state index < -0.39 is 0 Å². The lowest BCUT2D eigenvalue weighted by molar-refractivity contribution is 0.669. The molecule has 7 aromatic carbocycles. The molecule has 0 aliphatic rings. The largest absolute Gasteiger partial charge is 0.456 e. The summed E-state index contributed by atoms with van der Waals surface area (Å²) in [5.74, 6) is 0.975. The van der Waals surface area contributed by atoms with Crippen molar-refractivity contribution >= 4 is 55.2 Å². The molecule has 8 rings (SSSR count). The van der Waals surface area contributed by atoms with Gasteiger partial charge in [-0.05, 0) is 68.6 Å². The van der Waals surface area contributed by atoms with Crippen LogP contribution in [-0.4, -0.2) is 11.7 Å². The summed E-state index contributed by atoms with van der Waals surface area (Å²) in [6.07, 6.45) is 0. The second kappa shape index (κ2) is 11.3. The van der Waals surface area contributed by atoms with Gasteiger partial charge in [0.25, 0.3) is 0 Å². The average Bonchev–Trinajstić information content (AvgIpc) is 3.49. The second-order valence-electron chi connectivity index (χ2n) is 11.2. The van der Waals surface area contributed by atoms with Crippen LogP contribution in [0.25, 0.3) is 54.6 Å². The van der Waals surface area contributed by atoms with E-state index in [1.807, 2.05) is 48.5 Å². The molecule has 45 heavy (non-hydrogen) atoms. The van der Waals surface area contributed by atoms with Crippen LogP contribution in [0.3, 0.4) is 0 Å². The molecule has 0 aliphatic heterocycles. The molecular formula is C41H29N3O. The number of para-hydroxylation sites is 1. The van der Waals surface area contributed by atoms with E-state index in [4.69, 9.17) is 20.1 Å². The van der Waals surface area contributed by atoms with E-state index in [1.165, 1.54) is 21.9 Å². The highest BCUT2D eigenvalue weighted by Crippen LogP contribution is 2.32. The molecule has 0 unspecified atom stereocenters. The van der Waals surface area contributed by atoms with Crippen molar-refractivity contribution in [3.8, 4) is 11.1 Å². The molecule has 0 saturated heterocycles. The monoisotopic (exact) mass is 579 g/mol. The first kappa shape index (κ1) is 26.6. The van der Waals surface area contributed by atoms with Gasteiger partial charge in [0.15, 0.2) is 5.84 Å². The Morgan fingerprint density at radius 2 is 1.27 bits per heavy atom. The van der Waals surface area contributed by atoms with Gasteiger partial charge in [0.1, 0.15) is 17.0 Å². The van der Waals surface area contributed by atoms with Crippen molar-refractivity contribution in [2.24, 2.45) is 15.7 Å². The van der Waals surface area contributed by atoms with Crippen molar-refractivity contribution in [3.63, 3.8) is 0 Å². The normalized spacial score (nSPS) is 12.4. The Balaban J connectivity index is 1.22. The van der Waals surface area contributed by atoms with Gasteiger partial charge in [-0.15, -0.1) is 0 Å². The third-order valence-electron chi connectivity index (χ3n) is 8.34. The van der Waals surface area contributed by atoms with Crippen molar-refractivity contribution in [1.29, 1.82) is 0 Å². The van der Waals surface area contributed by atoms with Crippen molar-refractivity contribution in [2.45, 2.75) is 6.54 Å². The molecule has 0 atom stereocenters. The van der Waals surface area contributed by atoms with Crippen LogP contribution >= 0.6 is 0 Å². The summed E-state index contributed by atoms with van der Waals surface area (Å²) in [7, 11) is 0. The van der Waals surface area contributed by atoms with Crippen LogP contribution in [0.1, 0.15) is 16.7 Å². The number of furan rings is 1. The van der Waals surface area contributed by atoms with Crippen LogP contribution in [0.15, 0.2) is 166 Å². The first-order valence-corrected chi connectivity index (χ1v) is 15.1. The SMILES string of the molecule is NC(=NC(=NCc1ccc2ccccc2c1)c1cccc2oc3ccccc3c12)c1ccc2cc(-c3ccccc3)ccc2c1. The van der Waals surface area contributed by atoms with Crippen LogP contribution in [0.4, 0.5) is 0 Å². The lowest BCUT2D eigenvalue weighted by Gasteiger charge is -2.09. The Labute approximate surface area is 260 Å². The fourth-order valence-electron chi connectivity index (χ4n) is 6.04. The Kier molecular flexibility index (Phi) is 6.65. The molecule has 0 aliphatic carbocycles. The maximum atomic E-state index is 6.77. The van der Waals surface area contributed by atoms with E-state index >= 15 is 0 Å². The zero-order chi connectivity index (χ0) is 30.2. The highest BCUT2D eigenvalue weighted by Gasteiger charge is 2.16. The Hall–Kier alpha value is -6.00. The highest BCUT2D eigenvalue weighted by atomic mass is 16.3.